The van der Waals surface area contributed by atoms with Crippen molar-refractivity contribution >= 4 is 6.09 Å². The molecule has 1 N–H and O–H groups in total. The lowest BCUT2D eigenvalue weighted by molar-refractivity contribution is 0.0709. The highest BCUT2D eigenvalue weighted by atomic mass is 16.6. The zero-order chi connectivity index (χ0) is 23.4. The van der Waals surface area contributed by atoms with Gasteiger partial charge in [-0.25, -0.2) is 4.79 Å². The third kappa shape index (κ3) is 4.78. The first kappa shape index (κ1) is 22.6. The molecule has 0 saturated carbocycles. The van der Waals surface area contributed by atoms with Crippen molar-refractivity contribution in [3.63, 3.8) is 0 Å². The lowest BCUT2D eigenvalue weighted by atomic mass is 9.96. The molecule has 174 valence electrons. The fraction of sp³-hybridized carbons (Fsp3) is 0.375. The number of furan rings is 1. The van der Waals surface area contributed by atoms with Crippen LogP contribution < -0.4 is 5.56 Å². The summed E-state index contributed by atoms with van der Waals surface area (Å²) in [4.78, 5) is 33.7. The van der Waals surface area contributed by atoms with Crippen LogP contribution in [0.2, 0.25) is 0 Å². The molecule has 3 aromatic rings. The van der Waals surface area contributed by atoms with Crippen molar-refractivity contribution in [2.24, 2.45) is 0 Å². The maximum Gasteiger partial charge on any atom is 0.409 e. The van der Waals surface area contributed by atoms with Crippen molar-refractivity contribution in [1.82, 2.24) is 19.4 Å². The van der Waals surface area contributed by atoms with Gasteiger partial charge in [-0.05, 0) is 49.7 Å². The number of amides is 1. The van der Waals surface area contributed by atoms with Gasteiger partial charge in [0.25, 0.3) is 5.56 Å². The summed E-state index contributed by atoms with van der Waals surface area (Å²) < 4.78 is 12.2. The minimum Gasteiger partial charge on any atom is -0.507 e. The van der Waals surface area contributed by atoms with E-state index in [1.165, 1.54) is 0 Å². The molecule has 0 radical (unpaired) electrons. The molecule has 9 heteroatoms. The number of ether oxygens (including phenoxy) is 1. The summed E-state index contributed by atoms with van der Waals surface area (Å²) in [5.74, 6) is 0.600. The third-order valence-electron chi connectivity index (χ3n) is 5.92. The van der Waals surface area contributed by atoms with Crippen LogP contribution in [0.15, 0.2) is 58.2 Å². The molecule has 1 aliphatic heterocycles. The Morgan fingerprint density at radius 1 is 1.21 bits per heavy atom. The summed E-state index contributed by atoms with van der Waals surface area (Å²) in [6.07, 6.45) is 4.57. The lowest BCUT2D eigenvalue weighted by Crippen LogP contribution is -2.50. The Kier molecular flexibility index (Phi) is 6.79. The van der Waals surface area contributed by atoms with Crippen LogP contribution in [0.3, 0.4) is 0 Å². The lowest BCUT2D eigenvalue weighted by Gasteiger charge is -2.39. The third-order valence-corrected chi connectivity index (χ3v) is 5.92. The minimum atomic E-state index is -0.492. The molecule has 1 fully saturated rings. The van der Waals surface area contributed by atoms with Crippen molar-refractivity contribution in [1.29, 1.82) is 0 Å². The molecule has 0 spiro atoms. The predicted octanol–water partition coefficient (Wildman–Crippen LogP) is 2.76. The van der Waals surface area contributed by atoms with Gasteiger partial charge in [-0.2, -0.15) is 0 Å². The van der Waals surface area contributed by atoms with Crippen LogP contribution in [0, 0.1) is 6.92 Å². The van der Waals surface area contributed by atoms with Gasteiger partial charge in [0.15, 0.2) is 0 Å². The van der Waals surface area contributed by atoms with Crippen LogP contribution in [0.5, 0.6) is 5.75 Å². The van der Waals surface area contributed by atoms with Crippen molar-refractivity contribution in [2.45, 2.75) is 26.4 Å². The van der Waals surface area contributed by atoms with E-state index >= 15 is 0 Å². The molecule has 0 bridgehead atoms. The maximum atomic E-state index is 13.7. The van der Waals surface area contributed by atoms with Gasteiger partial charge in [0.05, 0.1) is 31.0 Å². The van der Waals surface area contributed by atoms with E-state index in [0.717, 1.165) is 5.56 Å². The molecule has 1 aliphatic rings. The second-order valence-electron chi connectivity index (χ2n) is 7.96. The van der Waals surface area contributed by atoms with Crippen molar-refractivity contribution < 1.29 is 19.1 Å². The van der Waals surface area contributed by atoms with Gasteiger partial charge in [0, 0.05) is 44.3 Å². The van der Waals surface area contributed by atoms with E-state index in [4.69, 9.17) is 9.15 Å². The van der Waals surface area contributed by atoms with Crippen LogP contribution in [0.1, 0.15) is 35.5 Å². The first-order valence-electron chi connectivity index (χ1n) is 11.0. The number of hydrogen-bond donors (Lipinski definition) is 1. The topological polar surface area (TPSA) is 101 Å². The molecule has 9 nitrogen and oxygen atoms in total. The van der Waals surface area contributed by atoms with Gasteiger partial charge in [-0.3, -0.25) is 14.7 Å². The van der Waals surface area contributed by atoms with Crippen LogP contribution in [0.25, 0.3) is 0 Å². The maximum absolute atomic E-state index is 13.7. The largest absolute Gasteiger partial charge is 0.507 e. The summed E-state index contributed by atoms with van der Waals surface area (Å²) >= 11 is 0. The summed E-state index contributed by atoms with van der Waals surface area (Å²) in [5.41, 5.74) is 1.50. The number of aryl methyl sites for hydroxylation is 1. The van der Waals surface area contributed by atoms with Gasteiger partial charge < -0.3 is 23.7 Å². The Balaban J connectivity index is 1.72. The van der Waals surface area contributed by atoms with E-state index in [9.17, 15) is 14.7 Å². The van der Waals surface area contributed by atoms with Crippen molar-refractivity contribution in [3.8, 4) is 5.75 Å². The molecule has 3 aromatic heterocycles. The number of aromatic nitrogens is 2. The fourth-order valence-electron chi connectivity index (χ4n) is 4.26. The number of pyridine rings is 2. The molecular formula is C24H28N4O5. The summed E-state index contributed by atoms with van der Waals surface area (Å²) in [6.45, 7) is 6.14. The number of rotatable bonds is 6. The van der Waals surface area contributed by atoms with E-state index in [1.807, 2.05) is 18.2 Å². The molecule has 33 heavy (non-hydrogen) atoms. The molecule has 0 aliphatic carbocycles. The average Bonchev–Trinajstić information content (AvgIpc) is 3.34. The molecule has 4 heterocycles. The second-order valence-corrected chi connectivity index (χ2v) is 7.96. The molecule has 0 unspecified atom stereocenters. The molecule has 4 rings (SSSR count). The number of carbonyl (C=O) groups excluding carboxylic acids is 1. The van der Waals surface area contributed by atoms with E-state index in [0.29, 0.717) is 49.8 Å². The first-order valence-corrected chi connectivity index (χ1v) is 11.0. The van der Waals surface area contributed by atoms with Crippen LogP contribution in [-0.2, 0) is 11.3 Å². The van der Waals surface area contributed by atoms with Gasteiger partial charge in [-0.1, -0.05) is 0 Å². The monoisotopic (exact) mass is 452 g/mol. The molecule has 0 aromatic carbocycles. The van der Waals surface area contributed by atoms with E-state index in [-0.39, 0.29) is 23.9 Å². The van der Waals surface area contributed by atoms with Crippen molar-refractivity contribution in [3.05, 3.63) is 81.9 Å². The number of nitrogens with zero attached hydrogens (tertiary/aromatic N) is 4. The Hall–Kier alpha value is -3.59. The number of piperazine rings is 1. The highest BCUT2D eigenvalue weighted by molar-refractivity contribution is 5.67. The summed E-state index contributed by atoms with van der Waals surface area (Å²) in [5, 5.41) is 10.9. The minimum absolute atomic E-state index is 0.0529. The quantitative estimate of drug-likeness (QED) is 0.614. The van der Waals surface area contributed by atoms with Crippen molar-refractivity contribution in [2.75, 3.05) is 32.8 Å². The van der Waals surface area contributed by atoms with E-state index in [1.54, 1.807) is 54.1 Å². The molecule has 1 amide bonds. The van der Waals surface area contributed by atoms with Gasteiger partial charge in [-0.15, -0.1) is 0 Å². The Bertz CT molecular complexity index is 1140. The molecule has 1 atom stereocenters. The average molecular weight is 453 g/mol. The second kappa shape index (κ2) is 9.91. The van der Waals surface area contributed by atoms with Crippen LogP contribution in [0.4, 0.5) is 4.79 Å². The highest BCUT2D eigenvalue weighted by Gasteiger charge is 2.32. The first-order chi connectivity index (χ1) is 16.0. The predicted molar refractivity (Wildman–Crippen MR) is 121 cm³/mol. The Morgan fingerprint density at radius 2 is 1.94 bits per heavy atom. The fourth-order valence-corrected chi connectivity index (χ4v) is 4.26. The van der Waals surface area contributed by atoms with Crippen LogP contribution in [-0.4, -0.2) is 63.3 Å². The standard InChI is InChI=1S/C24H28N4O5/c1-3-32-24(31)27-12-10-26(11-13-27)22(18-6-8-25-9-7-18)21-20(29)15-17(2)28(23(21)30)16-19-5-4-14-33-19/h4-9,14-15,22,29H,3,10-13,16H2,1-2H3/t22-/m0/s1. The summed E-state index contributed by atoms with van der Waals surface area (Å²) in [6, 6.07) is 8.40. The van der Waals surface area contributed by atoms with E-state index < -0.39 is 6.04 Å². The van der Waals surface area contributed by atoms with Crippen LogP contribution >= 0.6 is 0 Å². The summed E-state index contributed by atoms with van der Waals surface area (Å²) in [7, 11) is 0. The smallest absolute Gasteiger partial charge is 0.409 e. The van der Waals surface area contributed by atoms with Gasteiger partial charge in [0.2, 0.25) is 0 Å². The zero-order valence-corrected chi connectivity index (χ0v) is 18.8. The number of hydrogen-bond acceptors (Lipinski definition) is 7. The molecular weight excluding hydrogens is 424 g/mol. The zero-order valence-electron chi connectivity index (χ0n) is 18.8. The van der Waals surface area contributed by atoms with Gasteiger partial charge >= 0.3 is 6.09 Å². The highest BCUT2D eigenvalue weighted by Crippen LogP contribution is 2.33. The Labute approximate surface area is 191 Å². The molecule has 1 saturated heterocycles. The number of carbonyl (C=O) groups is 1. The normalized spacial score (nSPS) is 15.4. The van der Waals surface area contributed by atoms with Gasteiger partial charge in [0.1, 0.15) is 11.5 Å². The number of aromatic hydroxyl groups is 1. The Morgan fingerprint density at radius 3 is 2.58 bits per heavy atom. The van der Waals surface area contributed by atoms with E-state index in [2.05, 4.69) is 9.88 Å². The SMILES string of the molecule is CCOC(=O)N1CCN([C@@H](c2ccncc2)c2c(O)cc(C)n(Cc3ccco3)c2=O)CC1.